The van der Waals surface area contributed by atoms with E-state index in [2.05, 4.69) is 6.55 Å². The van der Waals surface area contributed by atoms with E-state index in [1.54, 1.807) is 7.11 Å². The first-order valence-electron chi connectivity index (χ1n) is 3.98. The largest absolute Gasteiger partial charge is 0.382 e. The lowest BCUT2D eigenvalue weighted by molar-refractivity contribution is 0.0710. The van der Waals surface area contributed by atoms with E-state index in [4.69, 9.17) is 9.47 Å². The SMILES string of the molecule is COCCOCCC[SiH2]C. The molecule has 0 bridgehead atoms. The summed E-state index contributed by atoms with van der Waals surface area (Å²) in [6.07, 6.45) is 1.24. The maximum absolute atomic E-state index is 5.27. The first-order valence-corrected chi connectivity index (χ1v) is 6.40. The number of methoxy groups -OCH3 is 1. The smallest absolute Gasteiger partial charge is 0.0700 e. The molecule has 0 aliphatic rings. The summed E-state index contributed by atoms with van der Waals surface area (Å²) in [6.45, 7) is 4.73. The molecule has 0 amide bonds. The van der Waals surface area contributed by atoms with E-state index >= 15 is 0 Å². The summed E-state index contributed by atoms with van der Waals surface area (Å²) in [7, 11) is 1.96. The monoisotopic (exact) mass is 162 g/mol. The van der Waals surface area contributed by atoms with E-state index in [0.717, 1.165) is 19.8 Å². The average Bonchev–Trinajstić information content (AvgIpc) is 1.97. The molecule has 62 valence electrons. The molecule has 0 heterocycles. The molecule has 0 aromatic heterocycles. The van der Waals surface area contributed by atoms with Crippen LogP contribution in [-0.2, 0) is 9.47 Å². The highest BCUT2D eigenvalue weighted by Crippen LogP contribution is 1.88. The van der Waals surface area contributed by atoms with Gasteiger partial charge in [0.25, 0.3) is 0 Å². The van der Waals surface area contributed by atoms with Crippen LogP contribution in [-0.4, -0.2) is 36.5 Å². The van der Waals surface area contributed by atoms with Crippen LogP contribution in [0.15, 0.2) is 0 Å². The van der Waals surface area contributed by atoms with Crippen LogP contribution < -0.4 is 0 Å². The van der Waals surface area contributed by atoms with Crippen LogP contribution >= 0.6 is 0 Å². The molecule has 0 unspecified atom stereocenters. The molecule has 0 aromatic rings. The molecular formula is C7H18O2Si. The normalized spacial score (nSPS) is 11.4. The Hall–Kier alpha value is 0.137. The van der Waals surface area contributed by atoms with E-state index < -0.39 is 0 Å². The van der Waals surface area contributed by atoms with Gasteiger partial charge in [-0.25, -0.2) is 0 Å². The van der Waals surface area contributed by atoms with Crippen molar-refractivity contribution in [2.45, 2.75) is 19.0 Å². The standard InChI is InChI=1S/C7H18O2Si/c1-8-5-6-9-4-3-7-10-2/h3-7,10H2,1-2H3. The summed E-state index contributed by atoms with van der Waals surface area (Å²) in [5, 5.41) is 0. The molecule has 0 spiro atoms. The van der Waals surface area contributed by atoms with Gasteiger partial charge >= 0.3 is 0 Å². The fourth-order valence-corrected chi connectivity index (χ4v) is 1.40. The van der Waals surface area contributed by atoms with Gasteiger partial charge in [-0.3, -0.25) is 0 Å². The summed E-state index contributed by atoms with van der Waals surface area (Å²) >= 11 is 0. The van der Waals surface area contributed by atoms with Gasteiger partial charge in [0, 0.05) is 23.2 Å². The van der Waals surface area contributed by atoms with Crippen molar-refractivity contribution in [2.24, 2.45) is 0 Å². The summed E-state index contributed by atoms with van der Waals surface area (Å²) in [6, 6.07) is 1.41. The summed E-state index contributed by atoms with van der Waals surface area (Å²) in [5.41, 5.74) is 0. The number of rotatable bonds is 7. The maximum Gasteiger partial charge on any atom is 0.0700 e. The van der Waals surface area contributed by atoms with Gasteiger partial charge in [0.05, 0.1) is 13.2 Å². The third kappa shape index (κ3) is 8.14. The van der Waals surface area contributed by atoms with Crippen molar-refractivity contribution in [3.05, 3.63) is 0 Å². The summed E-state index contributed by atoms with van der Waals surface area (Å²) < 4.78 is 10.1. The lowest BCUT2D eigenvalue weighted by atomic mass is 10.5. The second kappa shape index (κ2) is 9.14. The van der Waals surface area contributed by atoms with Crippen LogP contribution in [0.4, 0.5) is 0 Å². The molecule has 10 heavy (non-hydrogen) atoms. The van der Waals surface area contributed by atoms with Crippen LogP contribution in [0.25, 0.3) is 0 Å². The highest BCUT2D eigenvalue weighted by Gasteiger charge is 1.86. The Morgan fingerprint density at radius 3 is 2.60 bits per heavy atom. The fourth-order valence-electron chi connectivity index (χ4n) is 0.698. The molecule has 0 rings (SSSR count). The van der Waals surface area contributed by atoms with Gasteiger partial charge in [0.2, 0.25) is 0 Å². The third-order valence-electron chi connectivity index (χ3n) is 1.32. The Kier molecular flexibility index (Phi) is 9.26. The molecule has 0 N–H and O–H groups in total. The van der Waals surface area contributed by atoms with Gasteiger partial charge in [-0.1, -0.05) is 12.6 Å². The Morgan fingerprint density at radius 2 is 2.00 bits per heavy atom. The van der Waals surface area contributed by atoms with Crippen molar-refractivity contribution >= 4 is 9.52 Å². The molecule has 0 atom stereocenters. The average molecular weight is 162 g/mol. The number of hydrogen-bond acceptors (Lipinski definition) is 2. The quantitative estimate of drug-likeness (QED) is 0.405. The minimum atomic E-state index is 0.263. The van der Waals surface area contributed by atoms with Gasteiger partial charge in [-0.05, 0) is 6.42 Å². The Bertz CT molecular complexity index is 51.6. The van der Waals surface area contributed by atoms with Crippen LogP contribution in [0, 0.1) is 0 Å². The maximum atomic E-state index is 5.27. The molecule has 0 aromatic carbocycles. The molecule has 2 nitrogen and oxygen atoms in total. The van der Waals surface area contributed by atoms with E-state index in [9.17, 15) is 0 Å². The molecule has 0 saturated carbocycles. The van der Waals surface area contributed by atoms with Crippen molar-refractivity contribution in [3.8, 4) is 0 Å². The van der Waals surface area contributed by atoms with E-state index in [-0.39, 0.29) is 9.52 Å². The van der Waals surface area contributed by atoms with Crippen molar-refractivity contribution in [2.75, 3.05) is 26.9 Å². The topological polar surface area (TPSA) is 18.5 Å². The lowest BCUT2D eigenvalue weighted by Gasteiger charge is -2.01. The minimum absolute atomic E-state index is 0.263. The van der Waals surface area contributed by atoms with Gasteiger partial charge in [0.15, 0.2) is 0 Å². The lowest BCUT2D eigenvalue weighted by Crippen LogP contribution is -2.03. The fraction of sp³-hybridized carbons (Fsp3) is 1.00. The van der Waals surface area contributed by atoms with Crippen molar-refractivity contribution in [3.63, 3.8) is 0 Å². The highest BCUT2D eigenvalue weighted by atomic mass is 28.2. The highest BCUT2D eigenvalue weighted by molar-refractivity contribution is 6.33. The van der Waals surface area contributed by atoms with Gasteiger partial charge < -0.3 is 9.47 Å². The second-order valence-corrected chi connectivity index (χ2v) is 4.02. The van der Waals surface area contributed by atoms with E-state index in [1.807, 2.05) is 0 Å². The molecule has 0 aliphatic heterocycles. The van der Waals surface area contributed by atoms with Gasteiger partial charge in [-0.2, -0.15) is 0 Å². The zero-order chi connectivity index (χ0) is 7.66. The number of ether oxygens (including phenoxy) is 2. The Labute approximate surface area is 65.7 Å². The van der Waals surface area contributed by atoms with Crippen molar-refractivity contribution in [1.82, 2.24) is 0 Å². The summed E-state index contributed by atoms with van der Waals surface area (Å²) in [4.78, 5) is 0. The minimum Gasteiger partial charge on any atom is -0.382 e. The predicted molar refractivity (Wildman–Crippen MR) is 46.5 cm³/mol. The molecular weight excluding hydrogens is 144 g/mol. The Balaban J connectivity index is 2.65. The molecule has 3 heteroatoms. The van der Waals surface area contributed by atoms with Gasteiger partial charge in [0.1, 0.15) is 0 Å². The second-order valence-electron chi connectivity index (χ2n) is 2.31. The zero-order valence-electron chi connectivity index (χ0n) is 7.06. The molecule has 0 aliphatic carbocycles. The third-order valence-corrected chi connectivity index (χ3v) is 2.53. The van der Waals surface area contributed by atoms with E-state index in [1.165, 1.54) is 12.5 Å². The van der Waals surface area contributed by atoms with Crippen molar-refractivity contribution in [1.29, 1.82) is 0 Å². The molecule has 0 fully saturated rings. The first-order chi connectivity index (χ1) is 4.91. The van der Waals surface area contributed by atoms with Gasteiger partial charge in [-0.15, -0.1) is 0 Å². The first kappa shape index (κ1) is 10.1. The van der Waals surface area contributed by atoms with Crippen molar-refractivity contribution < 1.29 is 9.47 Å². The van der Waals surface area contributed by atoms with Crippen LogP contribution in [0.5, 0.6) is 0 Å². The van der Waals surface area contributed by atoms with Crippen LogP contribution in [0.2, 0.25) is 12.6 Å². The number of hydrogen-bond donors (Lipinski definition) is 0. The van der Waals surface area contributed by atoms with E-state index in [0.29, 0.717) is 0 Å². The molecule has 0 radical (unpaired) electrons. The van der Waals surface area contributed by atoms with Crippen LogP contribution in [0.1, 0.15) is 6.42 Å². The predicted octanol–water partition coefficient (Wildman–Crippen LogP) is 0.675. The van der Waals surface area contributed by atoms with Crippen LogP contribution in [0.3, 0.4) is 0 Å². The zero-order valence-corrected chi connectivity index (χ0v) is 8.47. The molecule has 0 saturated heterocycles. The Morgan fingerprint density at radius 1 is 1.20 bits per heavy atom. The summed E-state index contributed by atoms with van der Waals surface area (Å²) in [5.74, 6) is 0.